The molecule has 0 aliphatic heterocycles. The van der Waals surface area contributed by atoms with Crippen molar-refractivity contribution in [1.29, 1.82) is 0 Å². The van der Waals surface area contributed by atoms with Gasteiger partial charge in [-0.05, 0) is 67.3 Å². The van der Waals surface area contributed by atoms with Crippen LogP contribution in [0.15, 0.2) is 95.6 Å². The third-order valence-corrected chi connectivity index (χ3v) is 6.82. The molecule has 0 aliphatic rings. The summed E-state index contributed by atoms with van der Waals surface area (Å²) < 4.78 is 12.1. The number of aryl methyl sites for hydroxylation is 1. The van der Waals surface area contributed by atoms with Crippen molar-refractivity contribution in [2.24, 2.45) is 0 Å². The minimum atomic E-state index is -0.143. The maximum atomic E-state index is 12.9. The van der Waals surface area contributed by atoms with Crippen molar-refractivity contribution in [2.45, 2.75) is 33.7 Å². The van der Waals surface area contributed by atoms with Crippen molar-refractivity contribution in [3.8, 4) is 16.9 Å². The molecule has 0 fully saturated rings. The molecule has 1 amide bonds. The fraction of sp³-hybridized carbons (Fsp3) is 0.182. The predicted octanol–water partition coefficient (Wildman–Crippen LogP) is 8.24. The second kappa shape index (κ2) is 10.4. The van der Waals surface area contributed by atoms with Gasteiger partial charge < -0.3 is 14.5 Å². The Kier molecular flexibility index (Phi) is 6.82. The molecular formula is C33H31NO3. The minimum absolute atomic E-state index is 0.0956. The number of benzene rings is 4. The van der Waals surface area contributed by atoms with Crippen LogP contribution in [0.5, 0.6) is 5.75 Å². The van der Waals surface area contributed by atoms with Gasteiger partial charge in [0.1, 0.15) is 11.3 Å². The normalized spacial score (nSPS) is 12.6. The number of carbonyl (C=O) groups is 1. The van der Waals surface area contributed by atoms with Gasteiger partial charge in [0.05, 0.1) is 18.9 Å². The van der Waals surface area contributed by atoms with E-state index in [4.69, 9.17) is 9.15 Å². The van der Waals surface area contributed by atoms with Crippen LogP contribution in [-0.2, 0) is 4.79 Å². The van der Waals surface area contributed by atoms with Gasteiger partial charge in [-0.25, -0.2) is 0 Å². The molecule has 0 spiro atoms. The number of allylic oxidation sites excluding steroid dienone is 1. The van der Waals surface area contributed by atoms with Crippen molar-refractivity contribution in [3.63, 3.8) is 0 Å². The molecule has 1 unspecified atom stereocenters. The number of furan rings is 1. The van der Waals surface area contributed by atoms with Gasteiger partial charge in [0, 0.05) is 28.2 Å². The number of ether oxygens (including phenoxy) is 1. The standard InChI is InChI=1S/C33H31NO3/c1-5-36-32-22(3)33-29(30(20-37-33)27-16-15-25-13-9-10-14-26(25)18-27)19-28(32)21(2)17-31(35)34-23(4)24-11-7-6-8-12-24/h6-20,23H,5H2,1-4H3,(H,34,35)/b21-17+. The minimum Gasteiger partial charge on any atom is -0.493 e. The van der Waals surface area contributed by atoms with Gasteiger partial charge in [-0.3, -0.25) is 4.79 Å². The molecular weight excluding hydrogens is 458 g/mol. The van der Waals surface area contributed by atoms with Crippen LogP contribution in [0.3, 0.4) is 0 Å². The first-order chi connectivity index (χ1) is 18.0. The zero-order valence-electron chi connectivity index (χ0n) is 21.7. The van der Waals surface area contributed by atoms with E-state index in [-0.39, 0.29) is 11.9 Å². The number of hydrogen-bond acceptors (Lipinski definition) is 3. The van der Waals surface area contributed by atoms with Gasteiger partial charge in [0.15, 0.2) is 0 Å². The average molecular weight is 490 g/mol. The largest absolute Gasteiger partial charge is 0.493 e. The van der Waals surface area contributed by atoms with Crippen LogP contribution in [0.4, 0.5) is 0 Å². The van der Waals surface area contributed by atoms with Crippen molar-refractivity contribution >= 4 is 33.2 Å². The molecule has 4 heteroatoms. The second-order valence-electron chi connectivity index (χ2n) is 9.37. The molecule has 4 nitrogen and oxygen atoms in total. The predicted molar refractivity (Wildman–Crippen MR) is 152 cm³/mol. The van der Waals surface area contributed by atoms with Crippen LogP contribution in [-0.4, -0.2) is 12.5 Å². The molecule has 37 heavy (non-hydrogen) atoms. The Morgan fingerprint density at radius 2 is 1.73 bits per heavy atom. The van der Waals surface area contributed by atoms with E-state index >= 15 is 0 Å². The summed E-state index contributed by atoms with van der Waals surface area (Å²) in [5, 5.41) is 6.45. The molecule has 0 saturated heterocycles. The SMILES string of the molecule is CCOc1c(/C(C)=C/C(=O)NC(C)c2ccccc2)cc2c(-c3ccc4ccccc4c3)coc2c1C. The van der Waals surface area contributed by atoms with E-state index in [0.29, 0.717) is 6.61 Å². The summed E-state index contributed by atoms with van der Waals surface area (Å²) in [4.78, 5) is 12.9. The van der Waals surface area contributed by atoms with Crippen molar-refractivity contribution in [1.82, 2.24) is 5.32 Å². The summed E-state index contributed by atoms with van der Waals surface area (Å²) in [5.74, 6) is 0.600. The third-order valence-electron chi connectivity index (χ3n) is 6.82. The van der Waals surface area contributed by atoms with Crippen LogP contribution in [0.25, 0.3) is 38.4 Å². The highest BCUT2D eigenvalue weighted by atomic mass is 16.5. The van der Waals surface area contributed by atoms with Gasteiger partial charge >= 0.3 is 0 Å². The molecule has 1 heterocycles. The molecule has 5 rings (SSSR count). The van der Waals surface area contributed by atoms with Crippen molar-refractivity contribution in [3.05, 3.63) is 108 Å². The zero-order valence-corrected chi connectivity index (χ0v) is 21.7. The van der Waals surface area contributed by atoms with E-state index in [1.165, 1.54) is 10.8 Å². The highest BCUT2D eigenvalue weighted by molar-refractivity contribution is 6.02. The van der Waals surface area contributed by atoms with Crippen LogP contribution < -0.4 is 10.1 Å². The molecule has 0 aliphatic carbocycles. The topological polar surface area (TPSA) is 51.5 Å². The van der Waals surface area contributed by atoms with Gasteiger partial charge in [-0.2, -0.15) is 0 Å². The van der Waals surface area contributed by atoms with E-state index in [2.05, 4.69) is 41.7 Å². The highest BCUT2D eigenvalue weighted by Gasteiger charge is 2.19. The number of amides is 1. The second-order valence-corrected chi connectivity index (χ2v) is 9.37. The lowest BCUT2D eigenvalue weighted by Crippen LogP contribution is -2.24. The lowest BCUT2D eigenvalue weighted by molar-refractivity contribution is -0.117. The average Bonchev–Trinajstić information content (AvgIpc) is 3.34. The summed E-state index contributed by atoms with van der Waals surface area (Å²) in [6.45, 7) is 8.42. The number of rotatable bonds is 7. The first-order valence-electron chi connectivity index (χ1n) is 12.7. The Labute approximate surface area is 217 Å². The van der Waals surface area contributed by atoms with Crippen LogP contribution >= 0.6 is 0 Å². The maximum absolute atomic E-state index is 12.9. The Morgan fingerprint density at radius 1 is 1.00 bits per heavy atom. The Balaban J connectivity index is 1.55. The fourth-order valence-electron chi connectivity index (χ4n) is 4.87. The molecule has 0 bridgehead atoms. The van der Waals surface area contributed by atoms with Gasteiger partial charge in [0.2, 0.25) is 5.91 Å². The summed E-state index contributed by atoms with van der Waals surface area (Å²) in [7, 11) is 0. The summed E-state index contributed by atoms with van der Waals surface area (Å²) in [6, 6.07) is 26.7. The van der Waals surface area contributed by atoms with Gasteiger partial charge in [-0.15, -0.1) is 0 Å². The number of fused-ring (bicyclic) bond motifs is 2. The number of hydrogen-bond donors (Lipinski definition) is 1. The monoisotopic (exact) mass is 489 g/mol. The lowest BCUT2D eigenvalue weighted by Gasteiger charge is -2.16. The molecule has 1 atom stereocenters. The smallest absolute Gasteiger partial charge is 0.244 e. The number of carbonyl (C=O) groups excluding carboxylic acids is 1. The molecule has 0 saturated carbocycles. The highest BCUT2D eigenvalue weighted by Crippen LogP contribution is 2.41. The molecule has 1 N–H and O–H groups in total. The van der Waals surface area contributed by atoms with E-state index in [9.17, 15) is 4.79 Å². The Bertz CT molecular complexity index is 1610. The Morgan fingerprint density at radius 3 is 2.49 bits per heavy atom. The quantitative estimate of drug-likeness (QED) is 0.234. The maximum Gasteiger partial charge on any atom is 0.244 e. The van der Waals surface area contributed by atoms with E-state index in [1.807, 2.05) is 76.4 Å². The van der Waals surface area contributed by atoms with Crippen molar-refractivity contribution < 1.29 is 13.9 Å². The molecule has 4 aromatic carbocycles. The fourth-order valence-corrected chi connectivity index (χ4v) is 4.87. The Hall–Kier alpha value is -4.31. The van der Waals surface area contributed by atoms with Crippen LogP contribution in [0.1, 0.15) is 43.5 Å². The van der Waals surface area contributed by atoms with Gasteiger partial charge in [0.25, 0.3) is 0 Å². The first kappa shape index (κ1) is 24.4. The van der Waals surface area contributed by atoms with Crippen LogP contribution in [0.2, 0.25) is 0 Å². The van der Waals surface area contributed by atoms with E-state index in [0.717, 1.165) is 50.1 Å². The summed E-state index contributed by atoms with van der Waals surface area (Å²) >= 11 is 0. The summed E-state index contributed by atoms with van der Waals surface area (Å²) in [5.41, 5.74) is 6.60. The molecule has 5 aromatic rings. The van der Waals surface area contributed by atoms with E-state index < -0.39 is 0 Å². The van der Waals surface area contributed by atoms with Gasteiger partial charge in [-0.1, -0.05) is 66.7 Å². The lowest BCUT2D eigenvalue weighted by atomic mass is 9.95. The summed E-state index contributed by atoms with van der Waals surface area (Å²) in [6.07, 6.45) is 3.47. The molecule has 1 aromatic heterocycles. The molecule has 186 valence electrons. The first-order valence-corrected chi connectivity index (χ1v) is 12.7. The molecule has 0 radical (unpaired) electrons. The number of nitrogens with one attached hydrogen (secondary N) is 1. The van der Waals surface area contributed by atoms with Crippen LogP contribution in [0, 0.1) is 6.92 Å². The van der Waals surface area contributed by atoms with Crippen molar-refractivity contribution in [2.75, 3.05) is 6.61 Å². The third kappa shape index (κ3) is 4.88. The zero-order chi connectivity index (χ0) is 25.9. The van der Waals surface area contributed by atoms with E-state index in [1.54, 1.807) is 6.08 Å².